The van der Waals surface area contributed by atoms with Crippen LogP contribution in [0, 0.1) is 5.92 Å². The molecule has 2 aromatic carbocycles. The molecule has 0 atom stereocenters. The minimum atomic E-state index is 0.572. The van der Waals surface area contributed by atoms with Gasteiger partial charge in [-0.2, -0.15) is 0 Å². The Kier molecular flexibility index (Phi) is 10.9. The summed E-state index contributed by atoms with van der Waals surface area (Å²) >= 11 is 0. The number of rotatable bonds is 9. The molecule has 0 aliphatic heterocycles. The van der Waals surface area contributed by atoms with Gasteiger partial charge in [0, 0.05) is 6.61 Å². The molecule has 0 spiro atoms. The minimum Gasteiger partial charge on any atom is -0.379 e. The van der Waals surface area contributed by atoms with E-state index in [-0.39, 0.29) is 0 Å². The van der Waals surface area contributed by atoms with E-state index in [9.17, 15) is 0 Å². The summed E-state index contributed by atoms with van der Waals surface area (Å²) in [5, 5.41) is 0. The molecule has 0 bridgehead atoms. The molecule has 0 amide bonds. The summed E-state index contributed by atoms with van der Waals surface area (Å²) in [5.41, 5.74) is 5.08. The van der Waals surface area contributed by atoms with Gasteiger partial charge in [-0.1, -0.05) is 90.1 Å². The van der Waals surface area contributed by atoms with Gasteiger partial charge in [0.25, 0.3) is 0 Å². The summed E-state index contributed by atoms with van der Waals surface area (Å²) in [6, 6.07) is 17.4. The molecular formula is C24H36O2. The zero-order valence-electron chi connectivity index (χ0n) is 17.4. The van der Waals surface area contributed by atoms with Crippen LogP contribution < -0.4 is 0 Å². The van der Waals surface area contributed by atoms with Crippen LogP contribution in [0.5, 0.6) is 0 Å². The molecule has 26 heavy (non-hydrogen) atoms. The molecule has 0 aliphatic rings. The molecule has 0 aliphatic carbocycles. The molecule has 2 rings (SSSR count). The molecule has 2 heteroatoms. The van der Waals surface area contributed by atoms with Crippen molar-refractivity contribution in [3.63, 3.8) is 0 Å². The molecule has 2 aromatic rings. The van der Waals surface area contributed by atoms with Crippen LogP contribution in [0.4, 0.5) is 0 Å². The highest BCUT2D eigenvalue weighted by atomic mass is 16.5. The van der Waals surface area contributed by atoms with E-state index in [0.29, 0.717) is 31.7 Å². The minimum absolute atomic E-state index is 0.572. The maximum Gasteiger partial charge on any atom is 0.0718 e. The van der Waals surface area contributed by atoms with Crippen LogP contribution in [0.1, 0.15) is 58.6 Å². The van der Waals surface area contributed by atoms with Crippen molar-refractivity contribution in [1.82, 2.24) is 0 Å². The van der Waals surface area contributed by atoms with Crippen molar-refractivity contribution in [2.45, 2.75) is 54.1 Å². The predicted molar refractivity (Wildman–Crippen MR) is 113 cm³/mol. The Morgan fingerprint density at radius 3 is 1.69 bits per heavy atom. The Morgan fingerprint density at radius 2 is 1.19 bits per heavy atom. The molecule has 0 fully saturated rings. The third-order valence-corrected chi connectivity index (χ3v) is 3.96. The second kappa shape index (κ2) is 12.7. The third-order valence-electron chi connectivity index (χ3n) is 3.96. The van der Waals surface area contributed by atoms with Gasteiger partial charge in [0.1, 0.15) is 0 Å². The summed E-state index contributed by atoms with van der Waals surface area (Å²) in [6.45, 7) is 15.5. The quantitative estimate of drug-likeness (QED) is 0.466. The van der Waals surface area contributed by atoms with E-state index in [1.54, 1.807) is 0 Å². The van der Waals surface area contributed by atoms with Gasteiger partial charge in [-0.05, 0) is 34.1 Å². The van der Waals surface area contributed by atoms with Crippen LogP contribution in [0.3, 0.4) is 0 Å². The molecule has 0 aromatic heterocycles. The standard InChI is InChI=1S/C22H30O2.C2H6/c1-17(2)15-23-13-14-24-16-19-5-7-21(8-6-19)22-11-9-20(10-12-22)18(3)4;1-2/h5-12,17-18H,13-16H2,1-4H3;1-2H3. The van der Waals surface area contributed by atoms with E-state index in [1.165, 1.54) is 22.3 Å². The van der Waals surface area contributed by atoms with E-state index in [2.05, 4.69) is 76.2 Å². The summed E-state index contributed by atoms with van der Waals surface area (Å²) in [5.74, 6) is 1.15. The zero-order valence-corrected chi connectivity index (χ0v) is 17.4. The van der Waals surface area contributed by atoms with Gasteiger partial charge in [0.05, 0.1) is 19.8 Å². The van der Waals surface area contributed by atoms with Crippen LogP contribution in [0.2, 0.25) is 0 Å². The van der Waals surface area contributed by atoms with Gasteiger partial charge >= 0.3 is 0 Å². The fourth-order valence-electron chi connectivity index (χ4n) is 2.48. The molecule has 144 valence electrons. The Hall–Kier alpha value is -1.64. The molecule has 0 unspecified atom stereocenters. The Morgan fingerprint density at radius 1 is 0.692 bits per heavy atom. The van der Waals surface area contributed by atoms with E-state index in [4.69, 9.17) is 9.47 Å². The van der Waals surface area contributed by atoms with Crippen LogP contribution >= 0.6 is 0 Å². The summed E-state index contributed by atoms with van der Waals surface area (Å²) < 4.78 is 11.2. The number of hydrogen-bond acceptors (Lipinski definition) is 2. The SMILES string of the molecule is CC.CC(C)COCCOCc1ccc(-c2ccc(C(C)C)cc2)cc1. The average molecular weight is 357 g/mol. The summed E-state index contributed by atoms with van der Waals surface area (Å²) in [4.78, 5) is 0. The lowest BCUT2D eigenvalue weighted by molar-refractivity contribution is 0.0314. The highest BCUT2D eigenvalue weighted by molar-refractivity contribution is 5.64. The summed E-state index contributed by atoms with van der Waals surface area (Å²) in [7, 11) is 0. The molecule has 0 saturated carbocycles. The third kappa shape index (κ3) is 8.16. The van der Waals surface area contributed by atoms with E-state index in [1.807, 2.05) is 13.8 Å². The van der Waals surface area contributed by atoms with Crippen molar-refractivity contribution >= 4 is 0 Å². The number of ether oxygens (including phenoxy) is 2. The van der Waals surface area contributed by atoms with Gasteiger partial charge in [-0.3, -0.25) is 0 Å². The Labute approximate surface area is 160 Å². The normalized spacial score (nSPS) is 10.8. The van der Waals surface area contributed by atoms with E-state index >= 15 is 0 Å². The van der Waals surface area contributed by atoms with Crippen molar-refractivity contribution < 1.29 is 9.47 Å². The van der Waals surface area contributed by atoms with Crippen molar-refractivity contribution in [3.8, 4) is 11.1 Å². The first-order chi connectivity index (χ1) is 12.6. The highest BCUT2D eigenvalue weighted by Gasteiger charge is 2.02. The molecule has 0 N–H and O–H groups in total. The fraction of sp³-hybridized carbons (Fsp3) is 0.500. The zero-order chi connectivity index (χ0) is 19.4. The largest absolute Gasteiger partial charge is 0.379 e. The monoisotopic (exact) mass is 356 g/mol. The Bertz CT molecular complexity index is 583. The Balaban J connectivity index is 0.00000163. The topological polar surface area (TPSA) is 18.5 Å². The van der Waals surface area contributed by atoms with E-state index < -0.39 is 0 Å². The van der Waals surface area contributed by atoms with Gasteiger partial charge in [-0.15, -0.1) is 0 Å². The molecular weight excluding hydrogens is 320 g/mol. The van der Waals surface area contributed by atoms with Gasteiger partial charge in [0.2, 0.25) is 0 Å². The van der Waals surface area contributed by atoms with E-state index in [0.717, 1.165) is 6.61 Å². The van der Waals surface area contributed by atoms with Gasteiger partial charge < -0.3 is 9.47 Å². The first-order valence-electron chi connectivity index (χ1n) is 9.91. The predicted octanol–water partition coefficient (Wildman–Crippen LogP) is 6.69. The molecule has 0 heterocycles. The van der Waals surface area contributed by atoms with Gasteiger partial charge in [-0.25, -0.2) is 0 Å². The second-order valence-corrected chi connectivity index (χ2v) is 6.99. The first-order valence-corrected chi connectivity index (χ1v) is 9.91. The maximum absolute atomic E-state index is 5.66. The van der Waals surface area contributed by atoms with Gasteiger partial charge in [0.15, 0.2) is 0 Å². The number of hydrogen-bond donors (Lipinski definition) is 0. The van der Waals surface area contributed by atoms with Crippen molar-refractivity contribution in [3.05, 3.63) is 59.7 Å². The van der Waals surface area contributed by atoms with Crippen molar-refractivity contribution in [1.29, 1.82) is 0 Å². The van der Waals surface area contributed by atoms with Crippen molar-refractivity contribution in [2.24, 2.45) is 5.92 Å². The molecule has 2 nitrogen and oxygen atoms in total. The van der Waals surface area contributed by atoms with Crippen LogP contribution in [0.25, 0.3) is 11.1 Å². The summed E-state index contributed by atoms with van der Waals surface area (Å²) in [6.07, 6.45) is 0. The van der Waals surface area contributed by atoms with Crippen LogP contribution in [0.15, 0.2) is 48.5 Å². The molecule has 0 saturated heterocycles. The van der Waals surface area contributed by atoms with Crippen molar-refractivity contribution in [2.75, 3.05) is 19.8 Å². The lowest BCUT2D eigenvalue weighted by Gasteiger charge is -2.09. The highest BCUT2D eigenvalue weighted by Crippen LogP contribution is 2.23. The smallest absolute Gasteiger partial charge is 0.0718 e. The first kappa shape index (κ1) is 22.4. The number of benzene rings is 2. The lowest BCUT2D eigenvalue weighted by atomic mass is 9.98. The second-order valence-electron chi connectivity index (χ2n) is 6.99. The lowest BCUT2D eigenvalue weighted by Crippen LogP contribution is -2.08. The van der Waals surface area contributed by atoms with Crippen LogP contribution in [-0.4, -0.2) is 19.8 Å². The molecule has 0 radical (unpaired) electrons. The fourth-order valence-corrected chi connectivity index (χ4v) is 2.48. The van der Waals surface area contributed by atoms with Crippen LogP contribution in [-0.2, 0) is 16.1 Å². The average Bonchev–Trinajstić information content (AvgIpc) is 2.66. The maximum atomic E-state index is 5.66.